The van der Waals surface area contributed by atoms with Crippen molar-refractivity contribution in [1.29, 1.82) is 0 Å². The second-order valence-electron chi connectivity index (χ2n) is 4.01. The highest BCUT2D eigenvalue weighted by Gasteiger charge is 2.14. The second kappa shape index (κ2) is 5.32. The van der Waals surface area contributed by atoms with Crippen LogP contribution in [0.2, 0.25) is 0 Å². The van der Waals surface area contributed by atoms with Gasteiger partial charge in [-0.25, -0.2) is 13.4 Å². The number of hydrogen-bond donors (Lipinski definition) is 2. The molecule has 0 aliphatic carbocycles. The van der Waals surface area contributed by atoms with Gasteiger partial charge in [0.25, 0.3) is 0 Å². The van der Waals surface area contributed by atoms with Crippen LogP contribution in [0.3, 0.4) is 0 Å². The van der Waals surface area contributed by atoms with Gasteiger partial charge in [0.2, 0.25) is 16.0 Å². The minimum absolute atomic E-state index is 0.287. The predicted molar refractivity (Wildman–Crippen MR) is 68.1 cm³/mol. The predicted octanol–water partition coefficient (Wildman–Crippen LogP) is -0.693. The monoisotopic (exact) mass is 269 g/mol. The number of aromatic nitrogens is 1. The van der Waals surface area contributed by atoms with E-state index < -0.39 is 10.0 Å². The Morgan fingerprint density at radius 1 is 1.50 bits per heavy atom. The maximum Gasteiger partial charge on any atom is 0.232 e. The van der Waals surface area contributed by atoms with Gasteiger partial charge < -0.3 is 5.32 Å². The Labute approximate surface area is 106 Å². The topological polar surface area (TPSA) is 86.7 Å². The van der Waals surface area contributed by atoms with Crippen LogP contribution in [0.5, 0.6) is 0 Å². The van der Waals surface area contributed by atoms with Crippen molar-refractivity contribution < 1.29 is 8.42 Å². The fraction of sp³-hybridized carbons (Fsp3) is 0.400. The molecule has 0 saturated carbocycles. The van der Waals surface area contributed by atoms with Crippen LogP contribution in [0.15, 0.2) is 29.4 Å². The molecule has 0 atom stereocenters. The SMILES string of the molecule is CS(=O)(=O)NC1=NCN(Cc2ccccn2)CN1. The number of rotatable bonds is 3. The van der Waals surface area contributed by atoms with E-state index in [0.29, 0.717) is 19.9 Å². The number of pyridine rings is 1. The molecule has 0 amide bonds. The lowest BCUT2D eigenvalue weighted by atomic mass is 10.3. The summed E-state index contributed by atoms with van der Waals surface area (Å²) in [5, 5.41) is 2.90. The summed E-state index contributed by atoms with van der Waals surface area (Å²) in [5.74, 6) is 0.287. The lowest BCUT2D eigenvalue weighted by molar-refractivity contribution is 0.252. The molecule has 0 spiro atoms. The van der Waals surface area contributed by atoms with Crippen LogP contribution in [0.1, 0.15) is 5.69 Å². The lowest BCUT2D eigenvalue weighted by Gasteiger charge is -2.26. The summed E-state index contributed by atoms with van der Waals surface area (Å²) in [7, 11) is -3.27. The van der Waals surface area contributed by atoms with Crippen LogP contribution < -0.4 is 10.0 Å². The summed E-state index contributed by atoms with van der Waals surface area (Å²) >= 11 is 0. The zero-order valence-corrected chi connectivity index (χ0v) is 10.8. The molecule has 0 unspecified atom stereocenters. The first-order chi connectivity index (χ1) is 8.53. The summed E-state index contributed by atoms with van der Waals surface area (Å²) in [4.78, 5) is 10.3. The van der Waals surface area contributed by atoms with Crippen LogP contribution in [-0.4, -0.2) is 43.9 Å². The van der Waals surface area contributed by atoms with Crippen molar-refractivity contribution in [1.82, 2.24) is 19.9 Å². The van der Waals surface area contributed by atoms with E-state index in [-0.39, 0.29) is 5.96 Å². The molecule has 18 heavy (non-hydrogen) atoms. The number of guanidine groups is 1. The Morgan fingerprint density at radius 2 is 2.33 bits per heavy atom. The van der Waals surface area contributed by atoms with Gasteiger partial charge in [-0.3, -0.25) is 14.6 Å². The number of sulfonamides is 1. The lowest BCUT2D eigenvalue weighted by Crippen LogP contribution is -2.49. The maximum atomic E-state index is 11.0. The van der Waals surface area contributed by atoms with Gasteiger partial charge in [0.05, 0.1) is 25.3 Å². The Morgan fingerprint density at radius 3 is 2.89 bits per heavy atom. The molecule has 2 N–H and O–H groups in total. The third-order valence-electron chi connectivity index (χ3n) is 2.29. The van der Waals surface area contributed by atoms with Crippen molar-refractivity contribution in [3.05, 3.63) is 30.1 Å². The minimum atomic E-state index is -3.27. The van der Waals surface area contributed by atoms with Crippen LogP contribution in [0.25, 0.3) is 0 Å². The summed E-state index contributed by atoms with van der Waals surface area (Å²) < 4.78 is 24.3. The van der Waals surface area contributed by atoms with Crippen molar-refractivity contribution in [2.24, 2.45) is 4.99 Å². The molecule has 2 heterocycles. The average Bonchev–Trinajstić information content (AvgIpc) is 2.31. The fourth-order valence-electron chi connectivity index (χ4n) is 1.53. The number of nitrogens with one attached hydrogen (secondary N) is 2. The van der Waals surface area contributed by atoms with E-state index >= 15 is 0 Å². The van der Waals surface area contributed by atoms with Gasteiger partial charge in [0, 0.05) is 12.7 Å². The smallest absolute Gasteiger partial charge is 0.232 e. The first-order valence-electron chi connectivity index (χ1n) is 5.41. The Hall–Kier alpha value is -1.67. The van der Waals surface area contributed by atoms with Gasteiger partial charge in [0.1, 0.15) is 0 Å². The van der Waals surface area contributed by atoms with E-state index in [2.05, 4.69) is 20.0 Å². The largest absolute Gasteiger partial charge is 0.343 e. The standard InChI is InChI=1S/C10H15N5O2S/c1-18(16,17)14-10-12-7-15(8-13-10)6-9-4-2-3-5-11-9/h2-5H,6-8H2,1H3,(H2,12,13,14). The van der Waals surface area contributed by atoms with Gasteiger partial charge >= 0.3 is 0 Å². The van der Waals surface area contributed by atoms with Gasteiger partial charge in [-0.1, -0.05) is 6.07 Å². The number of hydrogen-bond acceptors (Lipinski definition) is 6. The Bertz CT molecular complexity index is 528. The summed E-state index contributed by atoms with van der Waals surface area (Å²) in [6.45, 7) is 1.63. The third-order valence-corrected chi connectivity index (χ3v) is 2.86. The van der Waals surface area contributed by atoms with Gasteiger partial charge in [-0.2, -0.15) is 0 Å². The summed E-state index contributed by atoms with van der Waals surface area (Å²) in [6, 6.07) is 5.73. The van der Waals surface area contributed by atoms with E-state index in [1.54, 1.807) is 6.20 Å². The van der Waals surface area contributed by atoms with E-state index in [1.165, 1.54) is 0 Å². The summed E-state index contributed by atoms with van der Waals surface area (Å²) in [6.07, 6.45) is 2.84. The molecule has 0 aromatic carbocycles. The Balaban J connectivity index is 1.90. The molecule has 1 aliphatic rings. The molecule has 2 rings (SSSR count). The maximum absolute atomic E-state index is 11.0. The summed E-state index contributed by atoms with van der Waals surface area (Å²) in [5.41, 5.74) is 0.953. The zero-order chi connectivity index (χ0) is 13.0. The molecule has 0 fully saturated rings. The minimum Gasteiger partial charge on any atom is -0.343 e. The molecular formula is C10H15N5O2S. The highest BCUT2D eigenvalue weighted by Crippen LogP contribution is 2.02. The molecule has 0 saturated heterocycles. The highest BCUT2D eigenvalue weighted by molar-refractivity contribution is 7.89. The molecule has 1 aromatic heterocycles. The van der Waals surface area contributed by atoms with Gasteiger partial charge in [-0.15, -0.1) is 0 Å². The molecule has 0 bridgehead atoms. The molecule has 1 aromatic rings. The van der Waals surface area contributed by atoms with Crippen molar-refractivity contribution >= 4 is 16.0 Å². The molecule has 1 aliphatic heterocycles. The van der Waals surface area contributed by atoms with Crippen molar-refractivity contribution in [3.63, 3.8) is 0 Å². The molecule has 98 valence electrons. The van der Waals surface area contributed by atoms with Gasteiger partial charge in [0.15, 0.2) is 0 Å². The quantitative estimate of drug-likeness (QED) is 0.758. The highest BCUT2D eigenvalue weighted by atomic mass is 32.2. The normalized spacial score (nSPS) is 16.8. The zero-order valence-electron chi connectivity index (χ0n) is 10.00. The van der Waals surface area contributed by atoms with E-state index in [1.807, 2.05) is 23.1 Å². The first-order valence-corrected chi connectivity index (χ1v) is 7.30. The second-order valence-corrected chi connectivity index (χ2v) is 5.76. The fourth-order valence-corrected chi connectivity index (χ4v) is 2.02. The van der Waals surface area contributed by atoms with Crippen LogP contribution in [-0.2, 0) is 16.6 Å². The van der Waals surface area contributed by atoms with Crippen molar-refractivity contribution in [3.8, 4) is 0 Å². The van der Waals surface area contributed by atoms with Crippen LogP contribution in [0, 0.1) is 0 Å². The number of nitrogens with zero attached hydrogens (tertiary/aromatic N) is 3. The molecule has 0 radical (unpaired) electrons. The van der Waals surface area contributed by atoms with Crippen LogP contribution >= 0.6 is 0 Å². The van der Waals surface area contributed by atoms with Crippen LogP contribution in [0.4, 0.5) is 0 Å². The van der Waals surface area contributed by atoms with E-state index in [4.69, 9.17) is 0 Å². The van der Waals surface area contributed by atoms with E-state index in [0.717, 1.165) is 11.9 Å². The van der Waals surface area contributed by atoms with E-state index in [9.17, 15) is 8.42 Å². The van der Waals surface area contributed by atoms with Gasteiger partial charge in [-0.05, 0) is 12.1 Å². The van der Waals surface area contributed by atoms with Crippen molar-refractivity contribution in [2.45, 2.75) is 6.54 Å². The molecular weight excluding hydrogens is 254 g/mol. The Kier molecular flexibility index (Phi) is 3.78. The molecule has 8 heteroatoms. The average molecular weight is 269 g/mol. The number of aliphatic imine (C=N–C) groups is 1. The first kappa shape index (κ1) is 12.8. The van der Waals surface area contributed by atoms with Crippen molar-refractivity contribution in [2.75, 3.05) is 19.6 Å². The molecule has 7 nitrogen and oxygen atoms in total. The third kappa shape index (κ3) is 3.97.